The second-order valence-corrected chi connectivity index (χ2v) is 6.90. The first-order valence-electron chi connectivity index (χ1n) is 9.05. The Hall–Kier alpha value is -0.810. The van der Waals surface area contributed by atoms with Gasteiger partial charge < -0.3 is 10.6 Å². The van der Waals surface area contributed by atoms with Gasteiger partial charge in [0.15, 0.2) is 0 Å². The summed E-state index contributed by atoms with van der Waals surface area (Å²) < 4.78 is 0. The van der Waals surface area contributed by atoms with E-state index in [1.807, 2.05) is 11.8 Å². The third-order valence-corrected chi connectivity index (χ3v) is 5.34. The lowest BCUT2D eigenvalue weighted by atomic mass is 9.95. The van der Waals surface area contributed by atoms with Crippen LogP contribution in [0.2, 0.25) is 0 Å². The molecule has 25 heavy (non-hydrogen) atoms. The molecule has 1 aromatic rings. The van der Waals surface area contributed by atoms with Crippen molar-refractivity contribution in [1.82, 2.24) is 9.80 Å². The van der Waals surface area contributed by atoms with Crippen molar-refractivity contribution in [1.29, 1.82) is 0 Å². The lowest BCUT2D eigenvalue weighted by Crippen LogP contribution is -2.43. The predicted molar refractivity (Wildman–Crippen MR) is 107 cm³/mol. The molecule has 0 saturated carbocycles. The van der Waals surface area contributed by atoms with Gasteiger partial charge in [-0.25, -0.2) is 0 Å². The van der Waals surface area contributed by atoms with E-state index in [0.717, 1.165) is 19.5 Å². The summed E-state index contributed by atoms with van der Waals surface area (Å²) in [6.45, 7) is 6.19. The molecule has 2 atom stereocenters. The maximum atomic E-state index is 11.9. The van der Waals surface area contributed by atoms with Gasteiger partial charge in [0.1, 0.15) is 0 Å². The molecule has 3 rings (SSSR count). The third-order valence-electron chi connectivity index (χ3n) is 5.34. The summed E-state index contributed by atoms with van der Waals surface area (Å²) in [6, 6.07) is 8.90. The molecule has 2 fully saturated rings. The average Bonchev–Trinajstić information content (AvgIpc) is 2.97. The van der Waals surface area contributed by atoms with Crippen LogP contribution in [0.1, 0.15) is 56.1 Å². The Morgan fingerprint density at radius 2 is 1.72 bits per heavy atom. The lowest BCUT2D eigenvalue weighted by Gasteiger charge is -2.27. The van der Waals surface area contributed by atoms with E-state index in [1.165, 1.54) is 43.5 Å². The first-order valence-corrected chi connectivity index (χ1v) is 9.05. The molecule has 0 aromatic heterocycles. The summed E-state index contributed by atoms with van der Waals surface area (Å²) in [5, 5.41) is 0. The van der Waals surface area contributed by atoms with Gasteiger partial charge in [0.2, 0.25) is 5.91 Å². The van der Waals surface area contributed by atoms with Crippen LogP contribution in [0, 0.1) is 0 Å². The number of benzene rings is 1. The topological polar surface area (TPSA) is 49.6 Å². The monoisotopic (exact) mass is 387 g/mol. The second kappa shape index (κ2) is 10.4. The fourth-order valence-corrected chi connectivity index (χ4v) is 3.92. The molecule has 1 amide bonds. The van der Waals surface area contributed by atoms with Crippen molar-refractivity contribution in [2.75, 3.05) is 19.6 Å². The smallest absolute Gasteiger partial charge is 0.223 e. The fraction of sp³-hybridized carbons (Fsp3) is 0.632. The fourth-order valence-electron chi connectivity index (χ4n) is 3.92. The van der Waals surface area contributed by atoms with Gasteiger partial charge in [-0.1, -0.05) is 37.6 Å². The zero-order valence-corrected chi connectivity index (χ0v) is 16.7. The molecular weight excluding hydrogens is 357 g/mol. The number of nitrogens with two attached hydrogens (primary N) is 1. The number of hydrogen-bond acceptors (Lipinski definition) is 3. The molecule has 0 aliphatic carbocycles. The van der Waals surface area contributed by atoms with E-state index in [4.69, 9.17) is 5.73 Å². The SMILES string of the molecule is CCC(=O)N1CCC(c2ccc(CN3CCCCC3)cc2)C1N.Cl.Cl. The van der Waals surface area contributed by atoms with Gasteiger partial charge in [-0.05, 0) is 43.5 Å². The number of likely N-dealkylation sites (tertiary alicyclic amines) is 2. The number of halogens is 2. The maximum Gasteiger partial charge on any atom is 0.223 e. The number of nitrogens with zero attached hydrogens (tertiary/aromatic N) is 2. The van der Waals surface area contributed by atoms with Crippen LogP contribution in [0.25, 0.3) is 0 Å². The summed E-state index contributed by atoms with van der Waals surface area (Å²) in [5.74, 6) is 0.441. The molecule has 1 aromatic carbocycles. The van der Waals surface area contributed by atoms with Gasteiger partial charge in [0.05, 0.1) is 6.17 Å². The summed E-state index contributed by atoms with van der Waals surface area (Å²) >= 11 is 0. The van der Waals surface area contributed by atoms with Crippen molar-refractivity contribution < 1.29 is 4.79 Å². The van der Waals surface area contributed by atoms with Gasteiger partial charge in [-0.3, -0.25) is 9.69 Å². The number of rotatable bonds is 4. The van der Waals surface area contributed by atoms with Crippen LogP contribution >= 0.6 is 24.8 Å². The number of amides is 1. The van der Waals surface area contributed by atoms with Crippen molar-refractivity contribution in [2.45, 2.75) is 57.7 Å². The van der Waals surface area contributed by atoms with Crippen LogP contribution in [-0.2, 0) is 11.3 Å². The van der Waals surface area contributed by atoms with Crippen LogP contribution in [0.5, 0.6) is 0 Å². The quantitative estimate of drug-likeness (QED) is 0.859. The Labute approximate surface area is 163 Å². The van der Waals surface area contributed by atoms with Crippen LogP contribution < -0.4 is 5.73 Å². The highest BCUT2D eigenvalue weighted by Gasteiger charge is 2.34. The molecule has 2 aliphatic heterocycles. The first-order chi connectivity index (χ1) is 11.2. The van der Waals surface area contributed by atoms with Crippen LogP contribution in [0.15, 0.2) is 24.3 Å². The van der Waals surface area contributed by atoms with Crippen molar-refractivity contribution >= 4 is 30.7 Å². The van der Waals surface area contributed by atoms with Gasteiger partial charge in [0.25, 0.3) is 0 Å². The molecule has 6 heteroatoms. The molecule has 0 radical (unpaired) electrons. The molecule has 0 spiro atoms. The minimum Gasteiger partial charge on any atom is -0.327 e. The van der Waals surface area contributed by atoms with E-state index < -0.39 is 0 Å². The summed E-state index contributed by atoms with van der Waals surface area (Å²) in [7, 11) is 0. The minimum absolute atomic E-state index is 0. The van der Waals surface area contributed by atoms with Gasteiger partial charge >= 0.3 is 0 Å². The highest BCUT2D eigenvalue weighted by Crippen LogP contribution is 2.31. The van der Waals surface area contributed by atoms with Crippen molar-refractivity contribution in [3.05, 3.63) is 35.4 Å². The molecular formula is C19H31Cl2N3O. The zero-order chi connectivity index (χ0) is 16.2. The van der Waals surface area contributed by atoms with E-state index in [1.54, 1.807) is 0 Å². The van der Waals surface area contributed by atoms with E-state index in [0.29, 0.717) is 6.42 Å². The number of piperidine rings is 1. The van der Waals surface area contributed by atoms with Crippen LogP contribution in [-0.4, -0.2) is 41.5 Å². The van der Waals surface area contributed by atoms with Crippen molar-refractivity contribution in [2.24, 2.45) is 5.73 Å². The minimum atomic E-state index is -0.171. The van der Waals surface area contributed by atoms with Crippen LogP contribution in [0.4, 0.5) is 0 Å². The van der Waals surface area contributed by atoms with E-state index in [-0.39, 0.29) is 42.8 Å². The standard InChI is InChI=1S/C19H29N3O.2ClH/c1-2-18(23)22-13-10-17(19(22)20)16-8-6-15(7-9-16)14-21-11-4-3-5-12-21;;/h6-9,17,19H,2-5,10-14,20H2,1H3;2*1H. The predicted octanol–water partition coefficient (Wildman–Crippen LogP) is 3.53. The molecule has 2 unspecified atom stereocenters. The highest BCUT2D eigenvalue weighted by molar-refractivity contribution is 5.85. The summed E-state index contributed by atoms with van der Waals surface area (Å²) in [6.07, 6.45) is 5.37. The van der Waals surface area contributed by atoms with Gasteiger partial charge in [0, 0.05) is 25.4 Å². The van der Waals surface area contributed by atoms with Gasteiger partial charge in [-0.15, -0.1) is 24.8 Å². The molecule has 4 nitrogen and oxygen atoms in total. The highest BCUT2D eigenvalue weighted by atomic mass is 35.5. The lowest BCUT2D eigenvalue weighted by molar-refractivity contribution is -0.131. The Bertz CT molecular complexity index is 532. The maximum absolute atomic E-state index is 11.9. The first kappa shape index (κ1) is 22.2. The number of carbonyl (C=O) groups is 1. The van der Waals surface area contributed by atoms with Crippen LogP contribution in [0.3, 0.4) is 0 Å². The van der Waals surface area contributed by atoms with E-state index in [2.05, 4.69) is 29.2 Å². The Balaban J connectivity index is 0.00000156. The Morgan fingerprint density at radius 1 is 1.08 bits per heavy atom. The molecule has 142 valence electrons. The third kappa shape index (κ3) is 5.33. The normalized spacial score (nSPS) is 23.7. The molecule has 2 saturated heterocycles. The number of hydrogen-bond donors (Lipinski definition) is 1. The Morgan fingerprint density at radius 3 is 2.32 bits per heavy atom. The molecule has 2 N–H and O–H groups in total. The van der Waals surface area contributed by atoms with Crippen molar-refractivity contribution in [3.8, 4) is 0 Å². The zero-order valence-electron chi connectivity index (χ0n) is 15.0. The second-order valence-electron chi connectivity index (χ2n) is 6.90. The van der Waals surface area contributed by atoms with E-state index >= 15 is 0 Å². The average molecular weight is 388 g/mol. The largest absolute Gasteiger partial charge is 0.327 e. The molecule has 2 aliphatic rings. The molecule has 0 bridgehead atoms. The van der Waals surface area contributed by atoms with Crippen molar-refractivity contribution in [3.63, 3.8) is 0 Å². The summed E-state index contributed by atoms with van der Waals surface area (Å²) in [5.41, 5.74) is 8.96. The molecule has 2 heterocycles. The van der Waals surface area contributed by atoms with E-state index in [9.17, 15) is 4.79 Å². The Kier molecular flexibility index (Phi) is 9.22. The van der Waals surface area contributed by atoms with Gasteiger partial charge in [-0.2, -0.15) is 0 Å². The summed E-state index contributed by atoms with van der Waals surface area (Å²) in [4.78, 5) is 16.3. The number of carbonyl (C=O) groups excluding carboxylic acids is 1.